The van der Waals surface area contributed by atoms with Crippen molar-refractivity contribution in [1.82, 2.24) is 0 Å². The van der Waals surface area contributed by atoms with Gasteiger partial charge in [-0.15, -0.1) is 0 Å². The van der Waals surface area contributed by atoms with Crippen molar-refractivity contribution in [3.63, 3.8) is 0 Å². The van der Waals surface area contributed by atoms with E-state index < -0.39 is 11.9 Å². The molecule has 0 aliphatic carbocycles. The molecule has 0 saturated heterocycles. The van der Waals surface area contributed by atoms with E-state index in [2.05, 4.69) is 5.32 Å². The summed E-state index contributed by atoms with van der Waals surface area (Å²) in [6, 6.07) is 19.6. The van der Waals surface area contributed by atoms with Crippen molar-refractivity contribution < 1.29 is 28.5 Å². The Labute approximate surface area is 192 Å². The van der Waals surface area contributed by atoms with E-state index in [0.717, 1.165) is 5.56 Å². The molecule has 0 saturated carbocycles. The monoisotopic (exact) mass is 447 g/mol. The molecule has 0 radical (unpaired) electrons. The first kappa shape index (κ1) is 23.4. The number of ether oxygens (including phenoxy) is 4. The number of methoxy groups -OCH3 is 4. The SMILES string of the molecule is COC(=O)c1cc(OC)c(OC)cc1NC(=O)/C(=C/c1ccc(OC)cc1)c1ccccc1. The highest BCUT2D eigenvalue weighted by molar-refractivity contribution is 6.29. The lowest BCUT2D eigenvalue weighted by Gasteiger charge is -2.16. The highest BCUT2D eigenvalue weighted by Crippen LogP contribution is 2.34. The van der Waals surface area contributed by atoms with Crippen LogP contribution >= 0.6 is 0 Å². The van der Waals surface area contributed by atoms with Gasteiger partial charge in [-0.3, -0.25) is 4.79 Å². The van der Waals surface area contributed by atoms with Crippen LogP contribution in [0.1, 0.15) is 21.5 Å². The van der Waals surface area contributed by atoms with Crippen LogP contribution in [0, 0.1) is 0 Å². The van der Waals surface area contributed by atoms with Gasteiger partial charge < -0.3 is 24.3 Å². The zero-order chi connectivity index (χ0) is 23.8. The number of amides is 1. The molecule has 0 fully saturated rings. The van der Waals surface area contributed by atoms with Gasteiger partial charge >= 0.3 is 5.97 Å². The minimum Gasteiger partial charge on any atom is -0.497 e. The summed E-state index contributed by atoms with van der Waals surface area (Å²) in [7, 11) is 5.79. The molecule has 0 heterocycles. The quantitative estimate of drug-likeness (QED) is 0.307. The summed E-state index contributed by atoms with van der Waals surface area (Å²) in [6.07, 6.45) is 1.77. The molecule has 33 heavy (non-hydrogen) atoms. The van der Waals surface area contributed by atoms with Gasteiger partial charge in [-0.1, -0.05) is 42.5 Å². The molecule has 0 bridgehead atoms. The molecule has 3 aromatic carbocycles. The molecule has 7 nitrogen and oxygen atoms in total. The second kappa shape index (κ2) is 10.9. The minimum absolute atomic E-state index is 0.139. The summed E-state index contributed by atoms with van der Waals surface area (Å²) >= 11 is 0. The molecule has 0 aromatic heterocycles. The molecule has 3 rings (SSSR count). The lowest BCUT2D eigenvalue weighted by molar-refractivity contribution is -0.111. The summed E-state index contributed by atoms with van der Waals surface area (Å²) in [5.41, 5.74) is 2.31. The number of anilines is 1. The van der Waals surface area contributed by atoms with Crippen molar-refractivity contribution in [2.45, 2.75) is 0 Å². The molecule has 0 aliphatic heterocycles. The van der Waals surface area contributed by atoms with Gasteiger partial charge in [-0.25, -0.2) is 4.79 Å². The number of hydrogen-bond donors (Lipinski definition) is 1. The molecule has 0 unspecified atom stereocenters. The summed E-state index contributed by atoms with van der Waals surface area (Å²) < 4.78 is 20.7. The molecule has 3 aromatic rings. The van der Waals surface area contributed by atoms with Crippen LogP contribution in [0.15, 0.2) is 66.7 Å². The van der Waals surface area contributed by atoms with Crippen molar-refractivity contribution in [3.8, 4) is 17.2 Å². The Kier molecular flexibility index (Phi) is 7.70. The predicted molar refractivity (Wildman–Crippen MR) is 127 cm³/mol. The van der Waals surface area contributed by atoms with Crippen LogP contribution in [0.3, 0.4) is 0 Å². The van der Waals surface area contributed by atoms with Crippen LogP contribution in [-0.4, -0.2) is 40.3 Å². The first-order valence-corrected chi connectivity index (χ1v) is 10.1. The van der Waals surface area contributed by atoms with Crippen LogP contribution < -0.4 is 19.5 Å². The van der Waals surface area contributed by atoms with E-state index in [4.69, 9.17) is 18.9 Å². The number of carbonyl (C=O) groups is 2. The van der Waals surface area contributed by atoms with E-state index in [0.29, 0.717) is 28.4 Å². The summed E-state index contributed by atoms with van der Waals surface area (Å²) in [5, 5.41) is 2.82. The standard InChI is InChI=1S/C26H25NO6/c1-30-19-12-10-17(11-13-19)14-20(18-8-6-5-7-9-18)25(28)27-22-16-24(32-3)23(31-2)15-21(22)26(29)33-4/h5-16H,1-4H3,(H,27,28)/b20-14+. The second-order valence-electron chi connectivity index (χ2n) is 6.90. The van der Waals surface area contributed by atoms with Gasteiger partial charge in [-0.05, 0) is 29.3 Å². The first-order valence-electron chi connectivity index (χ1n) is 10.1. The molecule has 0 aliphatic rings. The van der Waals surface area contributed by atoms with Gasteiger partial charge in [0.15, 0.2) is 11.5 Å². The molecule has 170 valence electrons. The van der Waals surface area contributed by atoms with Crippen molar-refractivity contribution in [3.05, 3.63) is 83.4 Å². The minimum atomic E-state index is -0.619. The molecular formula is C26H25NO6. The third kappa shape index (κ3) is 5.51. The molecule has 0 spiro atoms. The Balaban J connectivity index is 2.05. The van der Waals surface area contributed by atoms with Gasteiger partial charge in [0.25, 0.3) is 5.91 Å². The van der Waals surface area contributed by atoms with Crippen LogP contribution in [0.25, 0.3) is 11.6 Å². The fourth-order valence-corrected chi connectivity index (χ4v) is 3.22. The Hall–Kier alpha value is -4.26. The van der Waals surface area contributed by atoms with Crippen LogP contribution in [0.2, 0.25) is 0 Å². The van der Waals surface area contributed by atoms with E-state index in [1.165, 1.54) is 33.5 Å². The van der Waals surface area contributed by atoms with E-state index >= 15 is 0 Å². The fraction of sp³-hybridized carbons (Fsp3) is 0.154. The highest BCUT2D eigenvalue weighted by Gasteiger charge is 2.21. The first-order chi connectivity index (χ1) is 16.0. The third-order valence-electron chi connectivity index (χ3n) is 4.93. The molecule has 1 N–H and O–H groups in total. The van der Waals surface area contributed by atoms with Crippen molar-refractivity contribution in [2.75, 3.05) is 33.8 Å². The summed E-state index contributed by atoms with van der Waals surface area (Å²) in [6.45, 7) is 0. The smallest absolute Gasteiger partial charge is 0.340 e. The number of nitrogens with one attached hydrogen (secondary N) is 1. The van der Waals surface area contributed by atoms with Gasteiger partial charge in [-0.2, -0.15) is 0 Å². The van der Waals surface area contributed by atoms with Crippen molar-refractivity contribution in [2.24, 2.45) is 0 Å². The number of benzene rings is 3. The number of hydrogen-bond acceptors (Lipinski definition) is 6. The van der Waals surface area contributed by atoms with E-state index in [1.54, 1.807) is 13.2 Å². The van der Waals surface area contributed by atoms with Gasteiger partial charge in [0, 0.05) is 17.7 Å². The van der Waals surface area contributed by atoms with Gasteiger partial charge in [0.05, 0.1) is 39.7 Å². The lowest BCUT2D eigenvalue weighted by Crippen LogP contribution is -2.17. The van der Waals surface area contributed by atoms with Gasteiger partial charge in [0.1, 0.15) is 5.75 Å². The van der Waals surface area contributed by atoms with E-state index in [-0.39, 0.29) is 11.3 Å². The van der Waals surface area contributed by atoms with Crippen LogP contribution in [-0.2, 0) is 9.53 Å². The maximum absolute atomic E-state index is 13.4. The average molecular weight is 447 g/mol. The third-order valence-corrected chi connectivity index (χ3v) is 4.93. The molecule has 0 atom stereocenters. The Morgan fingerprint density at radius 3 is 2.00 bits per heavy atom. The topological polar surface area (TPSA) is 83.1 Å². The van der Waals surface area contributed by atoms with E-state index in [1.807, 2.05) is 54.6 Å². The van der Waals surface area contributed by atoms with Crippen LogP contribution in [0.4, 0.5) is 5.69 Å². The average Bonchev–Trinajstić information content (AvgIpc) is 2.87. The summed E-state index contributed by atoms with van der Waals surface area (Å²) in [4.78, 5) is 25.8. The van der Waals surface area contributed by atoms with Crippen LogP contribution in [0.5, 0.6) is 17.2 Å². The molecule has 1 amide bonds. The number of rotatable bonds is 8. The fourth-order valence-electron chi connectivity index (χ4n) is 3.22. The van der Waals surface area contributed by atoms with E-state index in [9.17, 15) is 9.59 Å². The zero-order valence-corrected chi connectivity index (χ0v) is 18.9. The number of esters is 1. The van der Waals surface area contributed by atoms with Crippen molar-refractivity contribution in [1.29, 1.82) is 0 Å². The highest BCUT2D eigenvalue weighted by atomic mass is 16.5. The summed E-state index contributed by atoms with van der Waals surface area (Å²) in [5.74, 6) is 0.390. The normalized spacial score (nSPS) is 10.8. The Morgan fingerprint density at radius 1 is 0.788 bits per heavy atom. The maximum atomic E-state index is 13.4. The zero-order valence-electron chi connectivity index (χ0n) is 18.9. The Morgan fingerprint density at radius 2 is 1.42 bits per heavy atom. The lowest BCUT2D eigenvalue weighted by atomic mass is 10.0. The molecule has 7 heteroatoms. The second-order valence-corrected chi connectivity index (χ2v) is 6.90. The largest absolute Gasteiger partial charge is 0.497 e. The molecular weight excluding hydrogens is 422 g/mol. The number of carbonyl (C=O) groups excluding carboxylic acids is 2. The Bertz CT molecular complexity index is 1150. The predicted octanol–water partition coefficient (Wildman–Crippen LogP) is 4.68. The maximum Gasteiger partial charge on any atom is 0.340 e. The van der Waals surface area contributed by atoms with Crippen molar-refractivity contribution >= 4 is 29.2 Å². The van der Waals surface area contributed by atoms with Gasteiger partial charge in [0.2, 0.25) is 0 Å².